The molecule has 3 rings (SSSR count). The van der Waals surface area contributed by atoms with Crippen LogP contribution in [-0.2, 0) is 9.84 Å². The van der Waals surface area contributed by atoms with Gasteiger partial charge in [-0.25, -0.2) is 8.42 Å². The van der Waals surface area contributed by atoms with Crippen molar-refractivity contribution in [1.82, 2.24) is 10.1 Å². The van der Waals surface area contributed by atoms with E-state index < -0.39 is 14.8 Å². The molecule has 0 unspecified atom stereocenters. The Bertz CT molecular complexity index is 948. The summed E-state index contributed by atoms with van der Waals surface area (Å²) in [6, 6.07) is 3.96. The van der Waals surface area contributed by atoms with Crippen LogP contribution in [0, 0.1) is 10.1 Å². The maximum Gasteiger partial charge on any atom is 0.270 e. The van der Waals surface area contributed by atoms with Crippen LogP contribution in [0.15, 0.2) is 27.6 Å². The van der Waals surface area contributed by atoms with E-state index in [1.807, 2.05) is 19.0 Å². The lowest BCUT2D eigenvalue weighted by Gasteiger charge is -2.33. The van der Waals surface area contributed by atoms with Crippen LogP contribution in [0.1, 0.15) is 24.7 Å². The molecule has 0 atom stereocenters. The fraction of sp³-hybridized carbons (Fsp3) is 0.500. The standard InChI is InChI=1S/C16H21N5O5S/c1-19(2)16-17-15(26-18-16)11-6-8-20(9-7-11)13-5-4-12(21(22)23)10-14(13)27(3,24)25/h4-5,10-11H,6-9H2,1-3H3. The first-order valence-electron chi connectivity index (χ1n) is 8.41. The van der Waals surface area contributed by atoms with Crippen molar-refractivity contribution < 1.29 is 17.9 Å². The number of nitro groups is 1. The molecule has 1 aromatic heterocycles. The summed E-state index contributed by atoms with van der Waals surface area (Å²) in [4.78, 5) is 18.4. The van der Waals surface area contributed by atoms with E-state index in [2.05, 4.69) is 10.1 Å². The number of non-ortho nitro benzene ring substituents is 1. The zero-order chi connectivity index (χ0) is 19.8. The van der Waals surface area contributed by atoms with Gasteiger partial charge in [0.05, 0.1) is 15.5 Å². The average Bonchev–Trinajstić information content (AvgIpc) is 3.11. The minimum atomic E-state index is -3.60. The van der Waals surface area contributed by atoms with E-state index in [0.29, 0.717) is 30.6 Å². The third-order valence-corrected chi connectivity index (χ3v) is 5.70. The number of anilines is 2. The molecule has 2 aromatic rings. The third-order valence-electron chi connectivity index (χ3n) is 4.57. The van der Waals surface area contributed by atoms with Crippen LogP contribution >= 0.6 is 0 Å². The molecule has 0 spiro atoms. The highest BCUT2D eigenvalue weighted by molar-refractivity contribution is 7.90. The first-order valence-corrected chi connectivity index (χ1v) is 10.3. The Labute approximate surface area is 156 Å². The van der Waals surface area contributed by atoms with Crippen molar-refractivity contribution in [1.29, 1.82) is 0 Å². The molecule has 1 aliphatic heterocycles. The Morgan fingerprint density at radius 1 is 1.30 bits per heavy atom. The smallest absolute Gasteiger partial charge is 0.270 e. The summed E-state index contributed by atoms with van der Waals surface area (Å²) in [6.07, 6.45) is 2.49. The Hall–Kier alpha value is -2.69. The van der Waals surface area contributed by atoms with Crippen LogP contribution in [0.2, 0.25) is 0 Å². The Morgan fingerprint density at radius 3 is 2.48 bits per heavy atom. The van der Waals surface area contributed by atoms with E-state index in [9.17, 15) is 18.5 Å². The fourth-order valence-corrected chi connectivity index (χ4v) is 4.03. The monoisotopic (exact) mass is 395 g/mol. The van der Waals surface area contributed by atoms with Gasteiger partial charge in [0.25, 0.3) is 11.6 Å². The van der Waals surface area contributed by atoms with Crippen molar-refractivity contribution in [2.24, 2.45) is 0 Å². The Morgan fingerprint density at radius 2 is 1.96 bits per heavy atom. The number of nitrogens with zero attached hydrogens (tertiary/aromatic N) is 5. The van der Waals surface area contributed by atoms with Crippen LogP contribution in [0.3, 0.4) is 0 Å². The highest BCUT2D eigenvalue weighted by atomic mass is 32.2. The number of sulfone groups is 1. The van der Waals surface area contributed by atoms with Gasteiger partial charge in [0.15, 0.2) is 9.84 Å². The molecule has 2 heterocycles. The number of hydrogen-bond donors (Lipinski definition) is 0. The molecule has 0 aliphatic carbocycles. The summed E-state index contributed by atoms with van der Waals surface area (Å²) < 4.78 is 29.6. The lowest BCUT2D eigenvalue weighted by molar-refractivity contribution is -0.385. The summed E-state index contributed by atoms with van der Waals surface area (Å²) in [7, 11) is 0.0606. The molecule has 11 heteroatoms. The Kier molecular flexibility index (Phi) is 5.05. The van der Waals surface area contributed by atoms with Crippen LogP contribution < -0.4 is 9.80 Å². The van der Waals surface area contributed by atoms with Crippen molar-refractivity contribution in [3.63, 3.8) is 0 Å². The van der Waals surface area contributed by atoms with E-state index in [0.717, 1.165) is 25.2 Å². The normalized spacial score (nSPS) is 15.7. The van der Waals surface area contributed by atoms with E-state index in [-0.39, 0.29) is 16.5 Å². The maximum absolute atomic E-state index is 12.1. The molecule has 27 heavy (non-hydrogen) atoms. The summed E-state index contributed by atoms with van der Waals surface area (Å²) in [5.41, 5.74) is 0.247. The van der Waals surface area contributed by atoms with Crippen LogP contribution in [0.4, 0.5) is 17.3 Å². The van der Waals surface area contributed by atoms with Gasteiger partial charge in [0, 0.05) is 51.5 Å². The summed E-state index contributed by atoms with van der Waals surface area (Å²) in [5.74, 6) is 1.19. The van der Waals surface area contributed by atoms with Gasteiger partial charge in [-0.1, -0.05) is 0 Å². The van der Waals surface area contributed by atoms with Gasteiger partial charge in [-0.05, 0) is 24.1 Å². The second kappa shape index (κ2) is 7.14. The summed E-state index contributed by atoms with van der Waals surface area (Å²) >= 11 is 0. The second-order valence-electron chi connectivity index (χ2n) is 6.77. The molecule has 10 nitrogen and oxygen atoms in total. The highest BCUT2D eigenvalue weighted by Crippen LogP contribution is 2.34. The molecular formula is C16H21N5O5S. The first-order chi connectivity index (χ1) is 12.7. The van der Waals surface area contributed by atoms with Crippen molar-refractivity contribution in [3.8, 4) is 0 Å². The third kappa shape index (κ3) is 4.02. The van der Waals surface area contributed by atoms with Crippen LogP contribution in [0.25, 0.3) is 0 Å². The van der Waals surface area contributed by atoms with Gasteiger partial charge < -0.3 is 14.3 Å². The fourth-order valence-electron chi connectivity index (χ4n) is 3.12. The Balaban J connectivity index is 1.80. The highest BCUT2D eigenvalue weighted by Gasteiger charge is 2.29. The molecule has 0 N–H and O–H groups in total. The number of piperidine rings is 1. The van der Waals surface area contributed by atoms with E-state index in [1.165, 1.54) is 12.1 Å². The summed E-state index contributed by atoms with van der Waals surface area (Å²) in [5, 5.41) is 14.9. The lowest BCUT2D eigenvalue weighted by Crippen LogP contribution is -2.34. The largest absolute Gasteiger partial charge is 0.370 e. The molecular weight excluding hydrogens is 374 g/mol. The molecule has 0 amide bonds. The topological polar surface area (TPSA) is 123 Å². The molecule has 0 saturated carbocycles. The van der Waals surface area contributed by atoms with Gasteiger partial charge in [-0.15, -0.1) is 0 Å². The average molecular weight is 395 g/mol. The van der Waals surface area contributed by atoms with E-state index >= 15 is 0 Å². The van der Waals surface area contributed by atoms with Gasteiger partial charge >= 0.3 is 0 Å². The van der Waals surface area contributed by atoms with Gasteiger partial charge in [-0.3, -0.25) is 10.1 Å². The number of nitro benzene ring substituents is 1. The minimum Gasteiger partial charge on any atom is -0.370 e. The molecule has 0 radical (unpaired) electrons. The minimum absolute atomic E-state index is 0.0252. The maximum atomic E-state index is 12.1. The number of rotatable bonds is 5. The second-order valence-corrected chi connectivity index (χ2v) is 8.75. The van der Waals surface area contributed by atoms with Gasteiger partial charge in [0.2, 0.25) is 5.89 Å². The molecule has 146 valence electrons. The van der Waals surface area contributed by atoms with Gasteiger partial charge in [0.1, 0.15) is 0 Å². The van der Waals surface area contributed by atoms with Gasteiger partial charge in [-0.2, -0.15) is 4.98 Å². The molecule has 0 bridgehead atoms. The van der Waals surface area contributed by atoms with E-state index in [1.54, 1.807) is 4.90 Å². The van der Waals surface area contributed by atoms with Crippen molar-refractivity contribution >= 4 is 27.2 Å². The number of aromatic nitrogens is 2. The molecule has 1 fully saturated rings. The SMILES string of the molecule is CN(C)c1noc(C2CCN(c3ccc([N+](=O)[O-])cc3S(C)(=O)=O)CC2)n1. The van der Waals surface area contributed by atoms with Crippen molar-refractivity contribution in [3.05, 3.63) is 34.2 Å². The molecule has 1 aromatic carbocycles. The lowest BCUT2D eigenvalue weighted by atomic mass is 9.96. The molecule has 1 saturated heterocycles. The van der Waals surface area contributed by atoms with Crippen molar-refractivity contribution in [2.45, 2.75) is 23.7 Å². The van der Waals surface area contributed by atoms with Crippen LogP contribution in [0.5, 0.6) is 0 Å². The van der Waals surface area contributed by atoms with Crippen LogP contribution in [-0.4, -0.2) is 56.9 Å². The first kappa shape index (κ1) is 19.1. The number of benzene rings is 1. The zero-order valence-corrected chi connectivity index (χ0v) is 16.1. The molecule has 1 aliphatic rings. The predicted molar refractivity (Wildman–Crippen MR) is 99.0 cm³/mol. The summed E-state index contributed by atoms with van der Waals surface area (Å²) in [6.45, 7) is 1.18. The zero-order valence-electron chi connectivity index (χ0n) is 15.3. The number of hydrogen-bond acceptors (Lipinski definition) is 9. The predicted octanol–water partition coefficient (Wildman–Crippen LogP) is 1.83. The van der Waals surface area contributed by atoms with Crippen molar-refractivity contribution in [2.75, 3.05) is 43.2 Å². The van der Waals surface area contributed by atoms with E-state index in [4.69, 9.17) is 4.52 Å². The quantitative estimate of drug-likeness (QED) is 0.551.